The summed E-state index contributed by atoms with van der Waals surface area (Å²) in [5, 5.41) is 8.57. The van der Waals surface area contributed by atoms with Gasteiger partial charge in [-0.05, 0) is 19.8 Å². The quantitative estimate of drug-likeness (QED) is 0.226. The van der Waals surface area contributed by atoms with Crippen LogP contribution >= 0.6 is 0 Å². The highest BCUT2D eigenvalue weighted by Crippen LogP contribution is 2.11. The second-order valence-corrected chi connectivity index (χ2v) is 7.57. The van der Waals surface area contributed by atoms with Gasteiger partial charge in [-0.15, -0.1) is 0 Å². The van der Waals surface area contributed by atoms with Crippen molar-refractivity contribution in [2.45, 2.75) is 97.0 Å². The standard InChI is InChI=1S/C23H48O5/c1-3-4-5-6-7-8-9-10-11-12-13-16-25-17-14-23(2)28-22-21-27-20-19-26-18-15-24/h23-24H,3-22H2,1-2H3. The molecule has 0 saturated carbocycles. The number of ether oxygens (including phenoxy) is 4. The highest BCUT2D eigenvalue weighted by molar-refractivity contribution is 4.51. The Bertz CT molecular complexity index is 276. The van der Waals surface area contributed by atoms with Crippen LogP contribution in [0.4, 0.5) is 0 Å². The third-order valence-electron chi connectivity index (χ3n) is 4.80. The molecule has 0 amide bonds. The van der Waals surface area contributed by atoms with Crippen molar-refractivity contribution >= 4 is 0 Å². The molecule has 0 aromatic heterocycles. The van der Waals surface area contributed by atoms with Gasteiger partial charge in [-0.2, -0.15) is 0 Å². The van der Waals surface area contributed by atoms with E-state index >= 15 is 0 Å². The van der Waals surface area contributed by atoms with Crippen molar-refractivity contribution in [2.24, 2.45) is 0 Å². The summed E-state index contributed by atoms with van der Waals surface area (Å²) in [6, 6.07) is 0. The summed E-state index contributed by atoms with van der Waals surface area (Å²) in [6.45, 7) is 8.66. The molecule has 0 aromatic rings. The Kier molecular flexibility index (Phi) is 24.7. The predicted octanol–water partition coefficient (Wildman–Crippen LogP) is 5.13. The molecule has 5 nitrogen and oxygen atoms in total. The van der Waals surface area contributed by atoms with Gasteiger partial charge < -0.3 is 24.1 Å². The molecule has 0 aromatic carbocycles. The Morgan fingerprint density at radius 2 is 1.07 bits per heavy atom. The Labute approximate surface area is 174 Å². The first kappa shape index (κ1) is 27.8. The van der Waals surface area contributed by atoms with E-state index in [1.54, 1.807) is 0 Å². The van der Waals surface area contributed by atoms with Gasteiger partial charge in [0, 0.05) is 13.2 Å². The molecule has 0 heterocycles. The van der Waals surface area contributed by atoms with Gasteiger partial charge in [-0.1, -0.05) is 71.1 Å². The molecule has 0 aliphatic heterocycles. The van der Waals surface area contributed by atoms with E-state index in [2.05, 4.69) is 13.8 Å². The van der Waals surface area contributed by atoms with Crippen LogP contribution in [0.15, 0.2) is 0 Å². The van der Waals surface area contributed by atoms with Crippen LogP contribution in [-0.4, -0.2) is 64.1 Å². The summed E-state index contributed by atoms with van der Waals surface area (Å²) in [4.78, 5) is 0. The molecule has 170 valence electrons. The van der Waals surface area contributed by atoms with Crippen molar-refractivity contribution in [3.05, 3.63) is 0 Å². The molecule has 0 radical (unpaired) electrons. The molecule has 1 atom stereocenters. The molecule has 28 heavy (non-hydrogen) atoms. The van der Waals surface area contributed by atoms with E-state index in [1.165, 1.54) is 70.6 Å². The van der Waals surface area contributed by atoms with E-state index in [-0.39, 0.29) is 12.7 Å². The van der Waals surface area contributed by atoms with Gasteiger partial charge in [-0.25, -0.2) is 0 Å². The first-order valence-corrected chi connectivity index (χ1v) is 11.8. The first-order chi connectivity index (χ1) is 13.8. The lowest BCUT2D eigenvalue weighted by Crippen LogP contribution is -2.16. The average molecular weight is 405 g/mol. The Morgan fingerprint density at radius 3 is 1.68 bits per heavy atom. The first-order valence-electron chi connectivity index (χ1n) is 11.8. The van der Waals surface area contributed by atoms with Gasteiger partial charge in [0.05, 0.1) is 45.7 Å². The second kappa shape index (κ2) is 24.8. The van der Waals surface area contributed by atoms with Crippen molar-refractivity contribution in [1.82, 2.24) is 0 Å². The van der Waals surface area contributed by atoms with E-state index in [0.29, 0.717) is 33.0 Å². The highest BCUT2D eigenvalue weighted by atomic mass is 16.5. The maximum atomic E-state index is 8.57. The zero-order chi connectivity index (χ0) is 20.5. The Hall–Kier alpha value is -0.200. The Morgan fingerprint density at radius 1 is 0.571 bits per heavy atom. The molecule has 5 heteroatoms. The van der Waals surface area contributed by atoms with Gasteiger partial charge >= 0.3 is 0 Å². The maximum Gasteiger partial charge on any atom is 0.0704 e. The summed E-state index contributed by atoms with van der Waals surface area (Å²) < 4.78 is 21.9. The number of hydrogen-bond donors (Lipinski definition) is 1. The van der Waals surface area contributed by atoms with Crippen molar-refractivity contribution in [1.29, 1.82) is 0 Å². The molecule has 0 fully saturated rings. The number of rotatable bonds is 24. The van der Waals surface area contributed by atoms with Gasteiger partial charge in [0.25, 0.3) is 0 Å². The molecular weight excluding hydrogens is 356 g/mol. The number of aliphatic hydroxyl groups excluding tert-OH is 1. The fourth-order valence-electron chi connectivity index (χ4n) is 3.00. The summed E-state index contributed by atoms with van der Waals surface area (Å²) in [6.07, 6.45) is 16.2. The molecule has 0 aliphatic rings. The minimum atomic E-state index is 0.0575. The molecule has 1 N–H and O–H groups in total. The van der Waals surface area contributed by atoms with Crippen molar-refractivity contribution < 1.29 is 24.1 Å². The zero-order valence-corrected chi connectivity index (χ0v) is 18.8. The number of hydrogen-bond acceptors (Lipinski definition) is 5. The minimum absolute atomic E-state index is 0.0575. The highest BCUT2D eigenvalue weighted by Gasteiger charge is 2.02. The fourth-order valence-corrected chi connectivity index (χ4v) is 3.00. The molecule has 1 unspecified atom stereocenters. The topological polar surface area (TPSA) is 57.2 Å². The third kappa shape index (κ3) is 23.8. The van der Waals surface area contributed by atoms with Gasteiger partial charge in [0.2, 0.25) is 0 Å². The van der Waals surface area contributed by atoms with Crippen LogP contribution in [0.3, 0.4) is 0 Å². The van der Waals surface area contributed by atoms with Crippen molar-refractivity contribution in [3.63, 3.8) is 0 Å². The number of unbranched alkanes of at least 4 members (excludes halogenated alkanes) is 10. The van der Waals surface area contributed by atoms with Gasteiger partial charge in [-0.3, -0.25) is 0 Å². The summed E-state index contributed by atoms with van der Waals surface area (Å²) >= 11 is 0. The molecule has 0 saturated heterocycles. The predicted molar refractivity (Wildman–Crippen MR) is 116 cm³/mol. The lowest BCUT2D eigenvalue weighted by Gasteiger charge is -2.13. The van der Waals surface area contributed by atoms with Gasteiger partial charge in [0.1, 0.15) is 0 Å². The monoisotopic (exact) mass is 404 g/mol. The summed E-state index contributed by atoms with van der Waals surface area (Å²) in [7, 11) is 0. The van der Waals surface area contributed by atoms with Crippen LogP contribution in [0.1, 0.15) is 90.9 Å². The average Bonchev–Trinajstić information content (AvgIpc) is 2.70. The zero-order valence-electron chi connectivity index (χ0n) is 18.8. The van der Waals surface area contributed by atoms with E-state index in [9.17, 15) is 0 Å². The largest absolute Gasteiger partial charge is 0.394 e. The van der Waals surface area contributed by atoms with Crippen LogP contribution in [0.5, 0.6) is 0 Å². The van der Waals surface area contributed by atoms with E-state index in [1.807, 2.05) is 0 Å². The SMILES string of the molecule is CCCCCCCCCCCCCOCCC(C)OCCOCCOCCO. The van der Waals surface area contributed by atoms with Crippen LogP contribution < -0.4 is 0 Å². The molecule has 0 rings (SSSR count). The normalized spacial score (nSPS) is 12.5. The molecule has 0 spiro atoms. The second-order valence-electron chi connectivity index (χ2n) is 7.57. The number of aliphatic hydroxyl groups is 1. The smallest absolute Gasteiger partial charge is 0.0704 e. The Balaban J connectivity index is 3.11. The van der Waals surface area contributed by atoms with Gasteiger partial charge in [0.15, 0.2) is 0 Å². The minimum Gasteiger partial charge on any atom is -0.394 e. The fraction of sp³-hybridized carbons (Fsp3) is 1.00. The van der Waals surface area contributed by atoms with E-state index < -0.39 is 0 Å². The maximum absolute atomic E-state index is 8.57. The van der Waals surface area contributed by atoms with E-state index in [4.69, 9.17) is 24.1 Å². The van der Waals surface area contributed by atoms with Crippen LogP contribution in [0.2, 0.25) is 0 Å². The van der Waals surface area contributed by atoms with Crippen molar-refractivity contribution in [2.75, 3.05) is 52.9 Å². The third-order valence-corrected chi connectivity index (χ3v) is 4.80. The molecular formula is C23H48O5. The lowest BCUT2D eigenvalue weighted by molar-refractivity contribution is -0.0188. The lowest BCUT2D eigenvalue weighted by atomic mass is 10.1. The van der Waals surface area contributed by atoms with Crippen LogP contribution in [-0.2, 0) is 18.9 Å². The van der Waals surface area contributed by atoms with E-state index in [0.717, 1.165) is 19.6 Å². The van der Waals surface area contributed by atoms with Crippen molar-refractivity contribution in [3.8, 4) is 0 Å². The summed E-state index contributed by atoms with van der Waals surface area (Å²) in [5.74, 6) is 0. The van der Waals surface area contributed by atoms with Crippen LogP contribution in [0.25, 0.3) is 0 Å². The molecule has 0 aliphatic carbocycles. The molecule has 0 bridgehead atoms. The summed E-state index contributed by atoms with van der Waals surface area (Å²) in [5.41, 5.74) is 0. The van der Waals surface area contributed by atoms with Crippen LogP contribution in [0, 0.1) is 0 Å².